The summed E-state index contributed by atoms with van der Waals surface area (Å²) < 4.78 is 50.6. The minimum atomic E-state index is -3.08. The number of aromatic nitrogens is 2. The van der Waals surface area contributed by atoms with Gasteiger partial charge in [-0.25, -0.2) is 17.5 Å². The summed E-state index contributed by atoms with van der Waals surface area (Å²) in [5, 5.41) is 13.2. The average Bonchev–Trinajstić information content (AvgIpc) is 3.07. The molecule has 1 aromatic carbocycles. The fraction of sp³-hybridized carbons (Fsp3) is 0.500. The molecule has 0 saturated carbocycles. The van der Waals surface area contributed by atoms with Crippen LogP contribution in [0.15, 0.2) is 30.6 Å². The van der Waals surface area contributed by atoms with Gasteiger partial charge in [0.25, 0.3) is 0 Å². The van der Waals surface area contributed by atoms with Crippen molar-refractivity contribution in [2.24, 2.45) is 11.8 Å². The third kappa shape index (κ3) is 4.98. The SMILES string of the molecule is CCS(=O)(=O)CC1CCOCC1COc1ccc(-n2cc(O)cn2)c(F)c1. The van der Waals surface area contributed by atoms with Gasteiger partial charge in [-0.2, -0.15) is 5.10 Å². The van der Waals surface area contributed by atoms with Crippen molar-refractivity contribution in [1.29, 1.82) is 0 Å². The zero-order valence-corrected chi connectivity index (χ0v) is 15.9. The van der Waals surface area contributed by atoms with Crippen LogP contribution < -0.4 is 4.74 Å². The molecule has 0 aliphatic carbocycles. The molecule has 2 unspecified atom stereocenters. The van der Waals surface area contributed by atoms with E-state index in [-0.39, 0.29) is 41.4 Å². The van der Waals surface area contributed by atoms with Crippen LogP contribution in [0.1, 0.15) is 13.3 Å². The number of benzene rings is 1. The molecule has 2 heterocycles. The molecule has 7 nitrogen and oxygen atoms in total. The first-order valence-corrected chi connectivity index (χ1v) is 10.6. The molecule has 1 aliphatic heterocycles. The summed E-state index contributed by atoms with van der Waals surface area (Å²) in [6.45, 7) is 2.87. The van der Waals surface area contributed by atoms with Gasteiger partial charge in [0.1, 0.15) is 21.3 Å². The van der Waals surface area contributed by atoms with E-state index in [0.29, 0.717) is 25.4 Å². The van der Waals surface area contributed by atoms with Gasteiger partial charge < -0.3 is 14.6 Å². The van der Waals surface area contributed by atoms with Gasteiger partial charge in [0.15, 0.2) is 11.6 Å². The second kappa shape index (κ2) is 8.26. The lowest BCUT2D eigenvalue weighted by Crippen LogP contribution is -2.36. The van der Waals surface area contributed by atoms with Crippen molar-refractivity contribution in [3.63, 3.8) is 0 Å². The zero-order chi connectivity index (χ0) is 19.4. The van der Waals surface area contributed by atoms with E-state index in [4.69, 9.17) is 9.47 Å². The van der Waals surface area contributed by atoms with Crippen LogP contribution in [0.25, 0.3) is 5.69 Å². The molecule has 0 amide bonds. The second-order valence-corrected chi connectivity index (χ2v) is 9.05. The normalized spacial score (nSPS) is 20.5. The predicted octanol–water partition coefficient (Wildman–Crippen LogP) is 2.18. The molecule has 1 aliphatic rings. The van der Waals surface area contributed by atoms with Gasteiger partial charge in [-0.1, -0.05) is 6.92 Å². The Morgan fingerprint density at radius 1 is 1.41 bits per heavy atom. The summed E-state index contributed by atoms with van der Waals surface area (Å²) in [7, 11) is -3.08. The van der Waals surface area contributed by atoms with E-state index in [0.717, 1.165) is 0 Å². The molecule has 3 rings (SSSR count). The molecule has 0 spiro atoms. The van der Waals surface area contributed by atoms with Gasteiger partial charge >= 0.3 is 0 Å². The Morgan fingerprint density at radius 3 is 2.89 bits per heavy atom. The fourth-order valence-electron chi connectivity index (χ4n) is 3.10. The molecule has 0 bridgehead atoms. The number of aromatic hydroxyl groups is 1. The molecule has 2 atom stereocenters. The summed E-state index contributed by atoms with van der Waals surface area (Å²) in [5.74, 6) is -0.105. The molecule has 0 radical (unpaired) electrons. The zero-order valence-electron chi connectivity index (χ0n) is 15.0. The van der Waals surface area contributed by atoms with Gasteiger partial charge in [-0.05, 0) is 24.5 Å². The highest BCUT2D eigenvalue weighted by atomic mass is 32.2. The highest BCUT2D eigenvalue weighted by molar-refractivity contribution is 7.91. The van der Waals surface area contributed by atoms with Crippen LogP contribution >= 0.6 is 0 Å². The van der Waals surface area contributed by atoms with Crippen LogP contribution in [0.3, 0.4) is 0 Å². The van der Waals surface area contributed by atoms with Gasteiger partial charge in [0.05, 0.1) is 31.4 Å². The summed E-state index contributed by atoms with van der Waals surface area (Å²) >= 11 is 0. The molecular formula is C18H23FN2O5S. The highest BCUT2D eigenvalue weighted by Gasteiger charge is 2.30. The number of nitrogens with zero attached hydrogens (tertiary/aromatic N) is 2. The smallest absolute Gasteiger partial charge is 0.153 e. The van der Waals surface area contributed by atoms with Crippen molar-refractivity contribution < 1.29 is 27.4 Å². The lowest BCUT2D eigenvalue weighted by molar-refractivity contribution is 0.00445. The second-order valence-electron chi connectivity index (χ2n) is 6.65. The molecule has 9 heteroatoms. The Bertz CT molecular complexity index is 884. The lowest BCUT2D eigenvalue weighted by atomic mass is 9.91. The molecular weight excluding hydrogens is 375 g/mol. The highest BCUT2D eigenvalue weighted by Crippen LogP contribution is 2.26. The van der Waals surface area contributed by atoms with Crippen molar-refractivity contribution in [3.05, 3.63) is 36.4 Å². The number of rotatable bonds is 7. The first-order valence-electron chi connectivity index (χ1n) is 8.82. The van der Waals surface area contributed by atoms with Crippen molar-refractivity contribution in [2.75, 3.05) is 31.3 Å². The molecule has 1 aromatic heterocycles. The average molecular weight is 398 g/mol. The number of hydrogen-bond acceptors (Lipinski definition) is 6. The van der Waals surface area contributed by atoms with Crippen molar-refractivity contribution in [2.45, 2.75) is 13.3 Å². The molecule has 1 fully saturated rings. The predicted molar refractivity (Wildman–Crippen MR) is 97.4 cm³/mol. The molecule has 148 valence electrons. The van der Waals surface area contributed by atoms with Crippen molar-refractivity contribution >= 4 is 9.84 Å². The third-order valence-electron chi connectivity index (χ3n) is 4.74. The number of hydrogen-bond donors (Lipinski definition) is 1. The third-order valence-corrected chi connectivity index (χ3v) is 6.55. The summed E-state index contributed by atoms with van der Waals surface area (Å²) in [5.41, 5.74) is 0.190. The van der Waals surface area contributed by atoms with Gasteiger partial charge in [-0.15, -0.1) is 0 Å². The summed E-state index contributed by atoms with van der Waals surface area (Å²) in [6.07, 6.45) is 3.19. The maximum absolute atomic E-state index is 14.3. The summed E-state index contributed by atoms with van der Waals surface area (Å²) in [4.78, 5) is 0. The van der Waals surface area contributed by atoms with Crippen molar-refractivity contribution in [3.8, 4) is 17.2 Å². The van der Waals surface area contributed by atoms with E-state index in [1.54, 1.807) is 13.0 Å². The van der Waals surface area contributed by atoms with Crippen LogP contribution in [0.2, 0.25) is 0 Å². The molecule has 1 saturated heterocycles. The Hall–Kier alpha value is -2.13. The molecule has 2 aromatic rings. The van der Waals surface area contributed by atoms with E-state index < -0.39 is 15.7 Å². The molecule has 27 heavy (non-hydrogen) atoms. The lowest BCUT2D eigenvalue weighted by Gasteiger charge is -2.31. The fourth-order valence-corrected chi connectivity index (χ4v) is 4.43. The maximum Gasteiger partial charge on any atom is 0.153 e. The number of halogens is 1. The Morgan fingerprint density at radius 2 is 2.22 bits per heavy atom. The van der Waals surface area contributed by atoms with E-state index in [1.807, 2.05) is 0 Å². The van der Waals surface area contributed by atoms with Crippen molar-refractivity contribution in [1.82, 2.24) is 9.78 Å². The quantitative estimate of drug-likeness (QED) is 0.769. The van der Waals surface area contributed by atoms with Crippen LogP contribution in [0, 0.1) is 17.7 Å². The first kappa shape index (κ1) is 19.6. The van der Waals surface area contributed by atoms with E-state index in [1.165, 1.54) is 29.2 Å². The number of ether oxygens (including phenoxy) is 2. The largest absolute Gasteiger partial charge is 0.505 e. The first-order chi connectivity index (χ1) is 12.9. The topological polar surface area (TPSA) is 90.7 Å². The Kier molecular flexibility index (Phi) is 6.01. The van der Waals surface area contributed by atoms with Crippen LogP contribution in [0.5, 0.6) is 11.5 Å². The Labute approximate surface area is 157 Å². The van der Waals surface area contributed by atoms with Crippen LogP contribution in [-0.2, 0) is 14.6 Å². The van der Waals surface area contributed by atoms with Crippen LogP contribution in [-0.4, -0.2) is 54.6 Å². The summed E-state index contributed by atoms with van der Waals surface area (Å²) in [6, 6.07) is 4.36. The standard InChI is InChI=1S/C18H23FN2O5S/c1-2-27(23,24)12-13-5-6-25-10-14(13)11-26-16-3-4-18(17(19)7-16)21-9-15(22)8-20-21/h3-4,7-9,13-14,22H,2,5-6,10-12H2,1H3. The van der Waals surface area contributed by atoms with Gasteiger partial charge in [0.2, 0.25) is 0 Å². The van der Waals surface area contributed by atoms with E-state index in [9.17, 15) is 17.9 Å². The molecule has 1 N–H and O–H groups in total. The number of sulfone groups is 1. The minimum Gasteiger partial charge on any atom is -0.505 e. The van der Waals surface area contributed by atoms with Crippen LogP contribution in [0.4, 0.5) is 4.39 Å². The Balaban J connectivity index is 1.65. The minimum absolute atomic E-state index is 0.0279. The van der Waals surface area contributed by atoms with Gasteiger partial charge in [-0.3, -0.25) is 0 Å². The maximum atomic E-state index is 14.3. The van der Waals surface area contributed by atoms with E-state index in [2.05, 4.69) is 5.10 Å². The monoisotopic (exact) mass is 398 g/mol. The van der Waals surface area contributed by atoms with Gasteiger partial charge in [0, 0.05) is 24.3 Å². The van der Waals surface area contributed by atoms with E-state index >= 15 is 0 Å².